The third-order valence-electron chi connectivity index (χ3n) is 5.39. The van der Waals surface area contributed by atoms with E-state index in [1.54, 1.807) is 24.3 Å². The number of rotatable bonds is 3. The maximum absolute atomic E-state index is 12.5. The van der Waals surface area contributed by atoms with Crippen molar-refractivity contribution >= 4 is 40.4 Å². The summed E-state index contributed by atoms with van der Waals surface area (Å²) in [6, 6.07) is 32.1. The van der Waals surface area contributed by atoms with Gasteiger partial charge in [-0.05, 0) is 42.5 Å². The Morgan fingerprint density at radius 1 is 0.710 bits per heavy atom. The Balaban J connectivity index is 1.86. The highest BCUT2D eigenvalue weighted by molar-refractivity contribution is 6.31. The van der Waals surface area contributed by atoms with Gasteiger partial charge in [-0.25, -0.2) is 4.99 Å². The lowest BCUT2D eigenvalue weighted by Crippen LogP contribution is -2.53. The molecule has 0 saturated carbocycles. The highest BCUT2D eigenvalue weighted by atomic mass is 35.5. The predicted molar refractivity (Wildman–Crippen MR) is 127 cm³/mol. The van der Waals surface area contributed by atoms with Crippen LogP contribution in [0.25, 0.3) is 0 Å². The lowest BCUT2D eigenvalue weighted by Gasteiger charge is -2.45. The second-order valence-corrected chi connectivity index (χ2v) is 8.19. The minimum atomic E-state index is -1.54. The largest absolute Gasteiger partial charge is 0.363 e. The molecule has 1 N–H and O–H groups in total. The summed E-state index contributed by atoms with van der Waals surface area (Å²) in [6.45, 7) is 0. The van der Waals surface area contributed by atoms with Gasteiger partial charge < -0.3 is 5.11 Å². The van der Waals surface area contributed by atoms with Crippen LogP contribution in [0.3, 0.4) is 0 Å². The lowest BCUT2D eigenvalue weighted by molar-refractivity contribution is 0.0902. The molecule has 4 aromatic rings. The second-order valence-electron chi connectivity index (χ2n) is 7.31. The standard InChI is InChI=1S/C26H18Cl2N2O/c27-20-11-14-22(15-12-20)30-25(18-7-3-1-4-8-18)29-24-16-13-21(28)17-23(24)26(30,31)19-9-5-2-6-10-19/h1-17,31H. The second kappa shape index (κ2) is 7.86. The fourth-order valence-electron chi connectivity index (χ4n) is 3.96. The van der Waals surface area contributed by atoms with Crippen molar-refractivity contribution in [1.29, 1.82) is 0 Å². The summed E-state index contributed by atoms with van der Waals surface area (Å²) in [5, 5.41) is 13.6. The molecule has 1 aliphatic rings. The molecular formula is C26H18Cl2N2O. The molecular weight excluding hydrogens is 427 g/mol. The van der Waals surface area contributed by atoms with Crippen LogP contribution in [0.2, 0.25) is 10.0 Å². The van der Waals surface area contributed by atoms with Crippen LogP contribution in [0.4, 0.5) is 11.4 Å². The van der Waals surface area contributed by atoms with Gasteiger partial charge in [-0.1, -0.05) is 83.9 Å². The third-order valence-corrected chi connectivity index (χ3v) is 5.88. The van der Waals surface area contributed by atoms with Crippen molar-refractivity contribution in [3.8, 4) is 0 Å². The van der Waals surface area contributed by atoms with Crippen LogP contribution < -0.4 is 4.90 Å². The Bertz CT molecular complexity index is 1260. The Labute approximate surface area is 190 Å². The Hall–Kier alpha value is -3.11. The van der Waals surface area contributed by atoms with Crippen LogP contribution in [0.15, 0.2) is 108 Å². The minimum Gasteiger partial charge on any atom is -0.363 e. The van der Waals surface area contributed by atoms with Crippen LogP contribution in [-0.2, 0) is 5.72 Å². The molecule has 0 bridgehead atoms. The minimum absolute atomic E-state index is 0.530. The average molecular weight is 445 g/mol. The third kappa shape index (κ3) is 3.41. The molecule has 1 atom stereocenters. The predicted octanol–water partition coefficient (Wildman–Crippen LogP) is 6.79. The van der Waals surface area contributed by atoms with E-state index in [1.807, 2.05) is 83.8 Å². The average Bonchev–Trinajstić information content (AvgIpc) is 2.81. The van der Waals surface area contributed by atoms with Crippen LogP contribution in [0, 0.1) is 0 Å². The molecule has 152 valence electrons. The molecule has 0 fully saturated rings. The molecule has 0 radical (unpaired) electrons. The maximum Gasteiger partial charge on any atom is 0.199 e. The van der Waals surface area contributed by atoms with E-state index in [-0.39, 0.29) is 0 Å². The molecule has 5 rings (SSSR count). The van der Waals surface area contributed by atoms with E-state index >= 15 is 0 Å². The lowest BCUT2D eigenvalue weighted by atomic mass is 9.88. The number of hydrogen-bond donors (Lipinski definition) is 1. The van der Waals surface area contributed by atoms with Crippen LogP contribution in [0.1, 0.15) is 16.7 Å². The van der Waals surface area contributed by atoms with Gasteiger partial charge in [0.25, 0.3) is 0 Å². The van der Waals surface area contributed by atoms with E-state index < -0.39 is 5.72 Å². The first-order chi connectivity index (χ1) is 15.1. The van der Waals surface area contributed by atoms with Gasteiger partial charge in [0.2, 0.25) is 0 Å². The number of aliphatic imine (C=N–C) groups is 1. The SMILES string of the molecule is OC1(c2ccccc2)c2cc(Cl)ccc2N=C(c2ccccc2)N1c1ccc(Cl)cc1. The number of benzene rings is 4. The zero-order chi connectivity index (χ0) is 21.4. The van der Waals surface area contributed by atoms with Gasteiger partial charge in [0, 0.05) is 32.4 Å². The molecule has 0 aliphatic carbocycles. The number of fused-ring (bicyclic) bond motifs is 1. The summed E-state index contributed by atoms with van der Waals surface area (Å²) in [5.41, 5.74) is 2.08. The zero-order valence-corrected chi connectivity index (χ0v) is 17.9. The molecule has 1 unspecified atom stereocenters. The Kier molecular flexibility index (Phi) is 5.03. The monoisotopic (exact) mass is 444 g/mol. The Morgan fingerprint density at radius 3 is 2.00 bits per heavy atom. The summed E-state index contributed by atoms with van der Waals surface area (Å²) in [5.74, 6) is 0.629. The van der Waals surface area contributed by atoms with Crippen LogP contribution in [0.5, 0.6) is 0 Å². The van der Waals surface area contributed by atoms with E-state index in [0.29, 0.717) is 32.7 Å². The first-order valence-electron chi connectivity index (χ1n) is 9.85. The first-order valence-corrected chi connectivity index (χ1v) is 10.6. The fraction of sp³-hybridized carbons (Fsp3) is 0.0385. The molecule has 3 nitrogen and oxygen atoms in total. The smallest absolute Gasteiger partial charge is 0.199 e. The molecule has 31 heavy (non-hydrogen) atoms. The molecule has 0 spiro atoms. The van der Waals surface area contributed by atoms with E-state index in [9.17, 15) is 5.11 Å². The van der Waals surface area contributed by atoms with Crippen LogP contribution in [-0.4, -0.2) is 10.9 Å². The normalized spacial score (nSPS) is 17.8. The zero-order valence-electron chi connectivity index (χ0n) is 16.4. The van der Waals surface area contributed by atoms with Crippen molar-refractivity contribution in [2.24, 2.45) is 4.99 Å². The van der Waals surface area contributed by atoms with Crippen molar-refractivity contribution in [3.05, 3.63) is 130 Å². The van der Waals surface area contributed by atoms with Crippen molar-refractivity contribution in [2.75, 3.05) is 4.90 Å². The molecule has 0 amide bonds. The van der Waals surface area contributed by atoms with E-state index in [4.69, 9.17) is 28.2 Å². The number of nitrogens with zero attached hydrogens (tertiary/aromatic N) is 2. The maximum atomic E-state index is 12.5. The van der Waals surface area contributed by atoms with Crippen molar-refractivity contribution < 1.29 is 5.11 Å². The summed E-state index contributed by atoms with van der Waals surface area (Å²) in [6.07, 6.45) is 0. The molecule has 0 aromatic heterocycles. The first kappa shape index (κ1) is 19.8. The van der Waals surface area contributed by atoms with Gasteiger partial charge in [0.1, 0.15) is 5.84 Å². The number of amidine groups is 1. The molecule has 1 aliphatic heterocycles. The summed E-state index contributed by atoms with van der Waals surface area (Å²) >= 11 is 12.5. The van der Waals surface area contributed by atoms with Gasteiger partial charge in [0.15, 0.2) is 5.72 Å². The Morgan fingerprint density at radius 2 is 1.32 bits per heavy atom. The van der Waals surface area contributed by atoms with E-state index in [1.165, 1.54) is 0 Å². The fourth-order valence-corrected chi connectivity index (χ4v) is 4.26. The molecule has 0 saturated heterocycles. The van der Waals surface area contributed by atoms with Crippen molar-refractivity contribution in [1.82, 2.24) is 0 Å². The number of anilines is 1. The van der Waals surface area contributed by atoms with Gasteiger partial charge in [-0.2, -0.15) is 0 Å². The number of aliphatic hydroxyl groups is 1. The van der Waals surface area contributed by atoms with E-state index in [0.717, 1.165) is 11.3 Å². The van der Waals surface area contributed by atoms with Crippen LogP contribution >= 0.6 is 23.2 Å². The van der Waals surface area contributed by atoms with E-state index in [2.05, 4.69) is 0 Å². The molecule has 4 aromatic carbocycles. The number of halogens is 2. The molecule has 1 heterocycles. The summed E-state index contributed by atoms with van der Waals surface area (Å²) < 4.78 is 0. The van der Waals surface area contributed by atoms with Gasteiger partial charge in [0.05, 0.1) is 5.69 Å². The topological polar surface area (TPSA) is 35.8 Å². The quantitative estimate of drug-likeness (QED) is 0.377. The van der Waals surface area contributed by atoms with Gasteiger partial charge in [-0.3, -0.25) is 4.90 Å². The van der Waals surface area contributed by atoms with Crippen molar-refractivity contribution in [3.63, 3.8) is 0 Å². The highest BCUT2D eigenvalue weighted by Gasteiger charge is 2.46. The summed E-state index contributed by atoms with van der Waals surface area (Å²) in [4.78, 5) is 6.79. The molecule has 5 heteroatoms. The highest BCUT2D eigenvalue weighted by Crippen LogP contribution is 2.46. The van der Waals surface area contributed by atoms with Gasteiger partial charge >= 0.3 is 0 Å². The number of hydrogen-bond acceptors (Lipinski definition) is 3. The summed E-state index contributed by atoms with van der Waals surface area (Å²) in [7, 11) is 0. The van der Waals surface area contributed by atoms with Gasteiger partial charge in [-0.15, -0.1) is 0 Å². The van der Waals surface area contributed by atoms with Crippen molar-refractivity contribution in [2.45, 2.75) is 5.72 Å².